The Kier molecular flexibility index (Phi) is 5.66. The molecule has 0 aliphatic carbocycles. The number of rotatable bonds is 6. The van der Waals surface area contributed by atoms with Gasteiger partial charge in [-0.2, -0.15) is 5.26 Å². The Morgan fingerprint density at radius 3 is 2.46 bits per heavy atom. The summed E-state index contributed by atoms with van der Waals surface area (Å²) in [6, 6.07) is 14.8. The Bertz CT molecular complexity index is 779. The normalized spacial score (nSPS) is 11.3. The van der Waals surface area contributed by atoms with Crippen LogP contribution in [-0.4, -0.2) is 23.0 Å². The molecule has 0 bridgehead atoms. The van der Waals surface area contributed by atoms with Gasteiger partial charge in [0, 0.05) is 12.1 Å². The molecule has 0 spiro atoms. The first-order valence-corrected chi connectivity index (χ1v) is 7.34. The van der Waals surface area contributed by atoms with E-state index in [0.717, 1.165) is 11.1 Å². The molecule has 0 fully saturated rings. The number of nitriles is 1. The third kappa shape index (κ3) is 4.66. The summed E-state index contributed by atoms with van der Waals surface area (Å²) in [6.07, 6.45) is 0.253. The zero-order valence-corrected chi connectivity index (χ0v) is 12.9. The van der Waals surface area contributed by atoms with Crippen LogP contribution in [0.5, 0.6) is 0 Å². The Balaban J connectivity index is 1.93. The minimum absolute atomic E-state index is 0.253. The summed E-state index contributed by atoms with van der Waals surface area (Å²) in [5, 5.41) is 20.4. The summed E-state index contributed by atoms with van der Waals surface area (Å²) in [6.45, 7) is 0.334. The van der Waals surface area contributed by atoms with Gasteiger partial charge >= 0.3 is 5.97 Å². The number of benzene rings is 2. The molecule has 0 aromatic heterocycles. The number of carboxylic acids is 1. The fourth-order valence-electron chi connectivity index (χ4n) is 2.15. The van der Waals surface area contributed by atoms with Crippen LogP contribution in [0.2, 0.25) is 0 Å². The predicted octanol–water partition coefficient (Wildman–Crippen LogP) is 1.44. The van der Waals surface area contributed by atoms with Crippen LogP contribution in [0.15, 0.2) is 48.5 Å². The van der Waals surface area contributed by atoms with Gasteiger partial charge in [-0.25, -0.2) is 0 Å². The van der Waals surface area contributed by atoms with Crippen molar-refractivity contribution in [2.75, 3.05) is 0 Å². The largest absolute Gasteiger partial charge is 0.480 e. The number of nitrogens with zero attached hydrogens (tertiary/aromatic N) is 1. The lowest BCUT2D eigenvalue weighted by molar-refractivity contribution is -0.138. The van der Waals surface area contributed by atoms with Crippen molar-refractivity contribution >= 4 is 11.9 Å². The van der Waals surface area contributed by atoms with E-state index in [9.17, 15) is 9.59 Å². The van der Waals surface area contributed by atoms with Gasteiger partial charge in [-0.15, -0.1) is 0 Å². The summed E-state index contributed by atoms with van der Waals surface area (Å²) in [4.78, 5) is 22.8. The molecule has 24 heavy (non-hydrogen) atoms. The zero-order valence-electron chi connectivity index (χ0n) is 12.9. The van der Waals surface area contributed by atoms with Crippen molar-refractivity contribution in [3.05, 3.63) is 70.8 Å². The van der Waals surface area contributed by atoms with Gasteiger partial charge in [0.15, 0.2) is 0 Å². The first-order valence-electron chi connectivity index (χ1n) is 7.34. The highest BCUT2D eigenvalue weighted by Crippen LogP contribution is 2.08. The summed E-state index contributed by atoms with van der Waals surface area (Å²) >= 11 is 0. The molecule has 1 atom stereocenters. The molecule has 6 nitrogen and oxygen atoms in total. The fourth-order valence-corrected chi connectivity index (χ4v) is 2.15. The standard InChI is InChI=1S/C18H17N3O3/c19-10-14-2-1-3-15(8-14)17(22)21-11-13-6-4-12(5-7-13)9-16(20)18(23)24/h1-8,16H,9,11,20H2,(H,21,22)(H,23,24)/t16-/m0/s1. The molecule has 2 aromatic carbocycles. The first-order chi connectivity index (χ1) is 11.5. The molecule has 0 saturated carbocycles. The topological polar surface area (TPSA) is 116 Å². The molecule has 0 saturated heterocycles. The molecule has 6 heteroatoms. The van der Waals surface area contributed by atoms with E-state index in [1.807, 2.05) is 18.2 Å². The first kappa shape index (κ1) is 17.2. The van der Waals surface area contributed by atoms with Gasteiger partial charge in [0.25, 0.3) is 5.91 Å². The molecule has 0 radical (unpaired) electrons. The summed E-state index contributed by atoms with van der Waals surface area (Å²) in [5.74, 6) is -1.30. The van der Waals surface area contributed by atoms with Gasteiger partial charge in [-0.1, -0.05) is 30.3 Å². The molecule has 4 N–H and O–H groups in total. The van der Waals surface area contributed by atoms with Gasteiger partial charge < -0.3 is 16.2 Å². The minimum atomic E-state index is -1.04. The van der Waals surface area contributed by atoms with Gasteiger partial charge in [0.2, 0.25) is 0 Å². The quantitative estimate of drug-likeness (QED) is 0.744. The van der Waals surface area contributed by atoms with Crippen LogP contribution in [0, 0.1) is 11.3 Å². The van der Waals surface area contributed by atoms with Crippen LogP contribution < -0.4 is 11.1 Å². The van der Waals surface area contributed by atoms with Crippen molar-refractivity contribution in [3.8, 4) is 6.07 Å². The van der Waals surface area contributed by atoms with Crippen LogP contribution >= 0.6 is 0 Å². The Hall–Kier alpha value is -3.17. The van der Waals surface area contributed by atoms with E-state index in [4.69, 9.17) is 16.1 Å². The maximum Gasteiger partial charge on any atom is 0.320 e. The number of carbonyl (C=O) groups excluding carboxylic acids is 1. The van der Waals surface area contributed by atoms with Gasteiger partial charge in [-0.05, 0) is 35.7 Å². The molecule has 2 aromatic rings. The maximum atomic E-state index is 12.1. The molecule has 122 valence electrons. The van der Waals surface area contributed by atoms with Crippen LogP contribution in [-0.2, 0) is 17.8 Å². The monoisotopic (exact) mass is 323 g/mol. The second-order valence-corrected chi connectivity index (χ2v) is 5.34. The lowest BCUT2D eigenvalue weighted by Gasteiger charge is -2.09. The Morgan fingerprint density at radius 1 is 1.17 bits per heavy atom. The van der Waals surface area contributed by atoms with Crippen LogP contribution in [0.4, 0.5) is 0 Å². The molecule has 1 amide bonds. The summed E-state index contributed by atoms with van der Waals surface area (Å²) < 4.78 is 0. The molecule has 0 aliphatic heterocycles. The third-order valence-electron chi connectivity index (χ3n) is 3.50. The van der Waals surface area contributed by atoms with E-state index in [2.05, 4.69) is 5.32 Å². The minimum Gasteiger partial charge on any atom is -0.480 e. The van der Waals surface area contributed by atoms with E-state index in [1.165, 1.54) is 6.07 Å². The molecule has 2 rings (SSSR count). The maximum absolute atomic E-state index is 12.1. The van der Waals surface area contributed by atoms with E-state index < -0.39 is 12.0 Å². The predicted molar refractivity (Wildman–Crippen MR) is 88.1 cm³/mol. The fraction of sp³-hybridized carbons (Fsp3) is 0.167. The third-order valence-corrected chi connectivity index (χ3v) is 3.50. The Morgan fingerprint density at radius 2 is 1.83 bits per heavy atom. The lowest BCUT2D eigenvalue weighted by Crippen LogP contribution is -2.32. The highest BCUT2D eigenvalue weighted by Gasteiger charge is 2.12. The molecule has 0 aliphatic rings. The van der Waals surface area contributed by atoms with Crippen molar-refractivity contribution < 1.29 is 14.7 Å². The van der Waals surface area contributed by atoms with Crippen LogP contribution in [0.25, 0.3) is 0 Å². The second kappa shape index (κ2) is 7.90. The number of aliphatic carboxylic acids is 1. The SMILES string of the molecule is N#Cc1cccc(C(=O)NCc2ccc(C[C@H](N)C(=O)O)cc2)c1. The van der Waals surface area contributed by atoms with Crippen molar-refractivity contribution in [2.24, 2.45) is 5.73 Å². The highest BCUT2D eigenvalue weighted by molar-refractivity contribution is 5.94. The van der Waals surface area contributed by atoms with Gasteiger partial charge in [0.05, 0.1) is 11.6 Å². The molecular formula is C18H17N3O3. The lowest BCUT2D eigenvalue weighted by atomic mass is 10.0. The number of amides is 1. The number of nitrogens with two attached hydrogens (primary N) is 1. The second-order valence-electron chi connectivity index (χ2n) is 5.34. The average molecular weight is 323 g/mol. The van der Waals surface area contributed by atoms with Crippen molar-refractivity contribution in [1.29, 1.82) is 5.26 Å². The molecule has 0 unspecified atom stereocenters. The van der Waals surface area contributed by atoms with E-state index >= 15 is 0 Å². The van der Waals surface area contributed by atoms with E-state index in [1.54, 1.807) is 30.3 Å². The highest BCUT2D eigenvalue weighted by atomic mass is 16.4. The van der Waals surface area contributed by atoms with E-state index in [0.29, 0.717) is 17.7 Å². The number of hydrogen-bond acceptors (Lipinski definition) is 4. The van der Waals surface area contributed by atoms with Gasteiger partial charge in [0.1, 0.15) is 6.04 Å². The van der Waals surface area contributed by atoms with Crippen LogP contribution in [0.1, 0.15) is 27.0 Å². The number of carboxylic acid groups (broad SMARTS) is 1. The summed E-state index contributed by atoms with van der Waals surface area (Å²) in [7, 11) is 0. The van der Waals surface area contributed by atoms with Crippen molar-refractivity contribution in [1.82, 2.24) is 5.32 Å². The van der Waals surface area contributed by atoms with E-state index in [-0.39, 0.29) is 12.3 Å². The smallest absolute Gasteiger partial charge is 0.320 e. The number of nitrogens with one attached hydrogen (secondary N) is 1. The molecule has 0 heterocycles. The number of hydrogen-bond donors (Lipinski definition) is 3. The van der Waals surface area contributed by atoms with Crippen molar-refractivity contribution in [2.45, 2.75) is 19.0 Å². The van der Waals surface area contributed by atoms with Gasteiger partial charge in [-0.3, -0.25) is 9.59 Å². The zero-order chi connectivity index (χ0) is 17.5. The average Bonchev–Trinajstić information content (AvgIpc) is 2.60. The molecular weight excluding hydrogens is 306 g/mol. The Labute approximate surface area is 139 Å². The number of carbonyl (C=O) groups is 2. The van der Waals surface area contributed by atoms with Crippen molar-refractivity contribution in [3.63, 3.8) is 0 Å². The van der Waals surface area contributed by atoms with Crippen LogP contribution in [0.3, 0.4) is 0 Å². The summed E-state index contributed by atoms with van der Waals surface area (Å²) in [5.41, 5.74) is 8.06.